The maximum atomic E-state index is 6.49. The van der Waals surface area contributed by atoms with E-state index >= 15 is 0 Å². The van der Waals surface area contributed by atoms with Crippen LogP contribution in [0.4, 0.5) is 0 Å². The van der Waals surface area contributed by atoms with Crippen LogP contribution in [0, 0.1) is 0 Å². The van der Waals surface area contributed by atoms with Crippen LogP contribution >= 0.6 is 0 Å². The Labute approximate surface area is 121 Å². The molecule has 1 atom stereocenters. The van der Waals surface area contributed by atoms with Crippen molar-refractivity contribution >= 4 is 0 Å². The maximum absolute atomic E-state index is 6.49. The van der Waals surface area contributed by atoms with Gasteiger partial charge in [0.25, 0.3) is 0 Å². The summed E-state index contributed by atoms with van der Waals surface area (Å²) in [6.07, 6.45) is 5.82. The number of rotatable bonds is 6. The standard InChI is InChI=1S/C17H25N3/c1-4-11-20-12-10-19-16(20)13-15(18)17(2,3)14-8-6-5-7-9-14/h5-10,12,15H,4,11,13,18H2,1-3H3. The maximum Gasteiger partial charge on any atom is 0.110 e. The third-order valence-corrected chi connectivity index (χ3v) is 4.11. The molecule has 108 valence electrons. The molecule has 0 amide bonds. The lowest BCUT2D eigenvalue weighted by molar-refractivity contribution is 0.395. The zero-order chi connectivity index (χ0) is 14.6. The van der Waals surface area contributed by atoms with Gasteiger partial charge in [-0.2, -0.15) is 0 Å². The first-order valence-electron chi connectivity index (χ1n) is 7.36. The number of hydrogen-bond donors (Lipinski definition) is 1. The Balaban J connectivity index is 2.15. The minimum Gasteiger partial charge on any atom is -0.335 e. The van der Waals surface area contributed by atoms with Crippen LogP contribution in [0.25, 0.3) is 0 Å². The van der Waals surface area contributed by atoms with E-state index in [0.29, 0.717) is 0 Å². The first kappa shape index (κ1) is 14.8. The largest absolute Gasteiger partial charge is 0.335 e. The van der Waals surface area contributed by atoms with Crippen molar-refractivity contribution < 1.29 is 0 Å². The highest BCUT2D eigenvalue weighted by Crippen LogP contribution is 2.27. The Morgan fingerprint density at radius 2 is 1.95 bits per heavy atom. The molecule has 0 bridgehead atoms. The summed E-state index contributed by atoms with van der Waals surface area (Å²) in [5.74, 6) is 1.09. The fourth-order valence-electron chi connectivity index (χ4n) is 2.51. The molecule has 3 heteroatoms. The monoisotopic (exact) mass is 271 g/mol. The lowest BCUT2D eigenvalue weighted by Crippen LogP contribution is -2.43. The number of benzene rings is 1. The number of imidazole rings is 1. The Morgan fingerprint density at radius 1 is 1.25 bits per heavy atom. The van der Waals surface area contributed by atoms with Gasteiger partial charge in [-0.05, 0) is 12.0 Å². The molecule has 3 nitrogen and oxygen atoms in total. The van der Waals surface area contributed by atoms with E-state index in [0.717, 1.165) is 25.2 Å². The molecule has 1 aromatic carbocycles. The van der Waals surface area contributed by atoms with Gasteiger partial charge >= 0.3 is 0 Å². The summed E-state index contributed by atoms with van der Waals surface area (Å²) in [5, 5.41) is 0. The number of nitrogens with two attached hydrogens (primary N) is 1. The Hall–Kier alpha value is -1.61. The molecule has 0 aliphatic rings. The number of nitrogens with zero attached hydrogens (tertiary/aromatic N) is 2. The zero-order valence-corrected chi connectivity index (χ0v) is 12.7. The minimum atomic E-state index is -0.0652. The molecule has 0 spiro atoms. The van der Waals surface area contributed by atoms with Crippen LogP contribution in [0.1, 0.15) is 38.6 Å². The SMILES string of the molecule is CCCn1ccnc1CC(N)C(C)(C)c1ccccc1. The minimum absolute atomic E-state index is 0.0444. The quantitative estimate of drug-likeness (QED) is 0.877. The van der Waals surface area contributed by atoms with Crippen molar-refractivity contribution in [3.63, 3.8) is 0 Å². The molecule has 0 aliphatic carbocycles. The second-order valence-corrected chi connectivity index (χ2v) is 5.94. The van der Waals surface area contributed by atoms with Gasteiger partial charge in [0.15, 0.2) is 0 Å². The highest BCUT2D eigenvalue weighted by molar-refractivity contribution is 5.26. The highest BCUT2D eigenvalue weighted by atomic mass is 15.1. The highest BCUT2D eigenvalue weighted by Gasteiger charge is 2.29. The van der Waals surface area contributed by atoms with Gasteiger partial charge in [-0.1, -0.05) is 51.1 Å². The van der Waals surface area contributed by atoms with Crippen LogP contribution in [0.3, 0.4) is 0 Å². The summed E-state index contributed by atoms with van der Waals surface area (Å²) < 4.78 is 2.21. The molecule has 0 aliphatic heterocycles. The second kappa shape index (κ2) is 6.23. The third kappa shape index (κ3) is 3.10. The molecule has 2 aromatic rings. The van der Waals surface area contributed by atoms with E-state index in [4.69, 9.17) is 5.73 Å². The van der Waals surface area contributed by atoms with Gasteiger partial charge in [-0.15, -0.1) is 0 Å². The smallest absolute Gasteiger partial charge is 0.110 e. The first-order chi connectivity index (χ1) is 9.55. The van der Waals surface area contributed by atoms with Crippen molar-refractivity contribution in [1.29, 1.82) is 0 Å². The van der Waals surface area contributed by atoms with E-state index in [-0.39, 0.29) is 11.5 Å². The van der Waals surface area contributed by atoms with Crippen molar-refractivity contribution in [2.75, 3.05) is 0 Å². The summed E-state index contributed by atoms with van der Waals surface area (Å²) >= 11 is 0. The van der Waals surface area contributed by atoms with E-state index in [1.165, 1.54) is 5.56 Å². The Bertz CT molecular complexity index is 528. The third-order valence-electron chi connectivity index (χ3n) is 4.11. The Kier molecular flexibility index (Phi) is 4.61. The number of aromatic nitrogens is 2. The lowest BCUT2D eigenvalue weighted by atomic mass is 9.77. The molecular formula is C17H25N3. The van der Waals surface area contributed by atoms with E-state index in [1.54, 1.807) is 0 Å². The van der Waals surface area contributed by atoms with Gasteiger partial charge in [-0.3, -0.25) is 0 Å². The molecule has 1 unspecified atom stereocenters. The molecule has 0 radical (unpaired) electrons. The summed E-state index contributed by atoms with van der Waals surface area (Å²) in [6.45, 7) is 7.60. The molecule has 2 N–H and O–H groups in total. The van der Waals surface area contributed by atoms with Crippen LogP contribution in [0.15, 0.2) is 42.7 Å². The predicted molar refractivity (Wildman–Crippen MR) is 83.7 cm³/mol. The summed E-state index contributed by atoms with van der Waals surface area (Å²) in [4.78, 5) is 4.46. The van der Waals surface area contributed by atoms with Gasteiger partial charge in [0, 0.05) is 36.8 Å². The molecule has 1 aromatic heterocycles. The van der Waals surface area contributed by atoms with E-state index < -0.39 is 0 Å². The Morgan fingerprint density at radius 3 is 2.60 bits per heavy atom. The normalized spacial score (nSPS) is 13.4. The lowest BCUT2D eigenvalue weighted by Gasteiger charge is -2.32. The fourth-order valence-corrected chi connectivity index (χ4v) is 2.51. The average molecular weight is 271 g/mol. The van der Waals surface area contributed by atoms with Crippen molar-refractivity contribution in [1.82, 2.24) is 9.55 Å². The van der Waals surface area contributed by atoms with Gasteiger partial charge in [0.2, 0.25) is 0 Å². The van der Waals surface area contributed by atoms with Gasteiger partial charge in [0.1, 0.15) is 5.82 Å². The van der Waals surface area contributed by atoms with Gasteiger partial charge in [-0.25, -0.2) is 4.98 Å². The van der Waals surface area contributed by atoms with Gasteiger partial charge < -0.3 is 10.3 Å². The zero-order valence-electron chi connectivity index (χ0n) is 12.7. The van der Waals surface area contributed by atoms with Crippen LogP contribution in [-0.4, -0.2) is 15.6 Å². The molecule has 0 saturated carbocycles. The molecule has 2 rings (SSSR count). The molecular weight excluding hydrogens is 246 g/mol. The molecule has 0 saturated heterocycles. The van der Waals surface area contributed by atoms with Gasteiger partial charge in [0.05, 0.1) is 0 Å². The van der Waals surface area contributed by atoms with Crippen LogP contribution < -0.4 is 5.73 Å². The summed E-state index contributed by atoms with van der Waals surface area (Å²) in [6, 6.07) is 10.5. The molecule has 0 fully saturated rings. The number of hydrogen-bond acceptors (Lipinski definition) is 2. The van der Waals surface area contributed by atoms with Crippen molar-refractivity contribution in [3.8, 4) is 0 Å². The van der Waals surface area contributed by atoms with Crippen LogP contribution in [-0.2, 0) is 18.4 Å². The first-order valence-corrected chi connectivity index (χ1v) is 7.36. The second-order valence-electron chi connectivity index (χ2n) is 5.94. The van der Waals surface area contributed by atoms with E-state index in [1.807, 2.05) is 18.5 Å². The molecule has 1 heterocycles. The van der Waals surface area contributed by atoms with Crippen molar-refractivity contribution in [3.05, 3.63) is 54.1 Å². The van der Waals surface area contributed by atoms with E-state index in [9.17, 15) is 0 Å². The van der Waals surface area contributed by atoms with Crippen molar-refractivity contribution in [2.45, 2.75) is 51.6 Å². The fraction of sp³-hybridized carbons (Fsp3) is 0.471. The van der Waals surface area contributed by atoms with Crippen LogP contribution in [0.5, 0.6) is 0 Å². The van der Waals surface area contributed by atoms with E-state index in [2.05, 4.69) is 54.6 Å². The predicted octanol–water partition coefficient (Wildman–Crippen LogP) is 3.14. The summed E-state index contributed by atoms with van der Waals surface area (Å²) in [5.41, 5.74) is 7.70. The van der Waals surface area contributed by atoms with Crippen LogP contribution in [0.2, 0.25) is 0 Å². The number of aryl methyl sites for hydroxylation is 1. The average Bonchev–Trinajstić information content (AvgIpc) is 2.87. The summed E-state index contributed by atoms with van der Waals surface area (Å²) in [7, 11) is 0. The molecule has 20 heavy (non-hydrogen) atoms. The van der Waals surface area contributed by atoms with Crippen molar-refractivity contribution in [2.24, 2.45) is 5.73 Å². The topological polar surface area (TPSA) is 43.8 Å².